The molecule has 0 bridgehead atoms. The third kappa shape index (κ3) is 7.05. The minimum absolute atomic E-state index is 0.0768. The van der Waals surface area contributed by atoms with Crippen molar-refractivity contribution in [2.75, 3.05) is 13.2 Å². The van der Waals surface area contributed by atoms with Gasteiger partial charge in [0.05, 0.1) is 17.7 Å². The molecular weight excluding hydrogens is 466 g/mol. The molecule has 0 aromatic heterocycles. The molecule has 196 valence electrons. The van der Waals surface area contributed by atoms with Gasteiger partial charge in [-0.05, 0) is 52.2 Å². The molecule has 1 aromatic rings. The average Bonchev–Trinajstić information content (AvgIpc) is 3.05. The Balaban J connectivity index is 1.38. The van der Waals surface area contributed by atoms with E-state index in [-0.39, 0.29) is 24.0 Å². The third-order valence-corrected chi connectivity index (χ3v) is 5.93. The molecule has 2 aliphatic rings. The van der Waals surface area contributed by atoms with Crippen LogP contribution in [0.2, 0.25) is 0 Å². The number of amides is 5. The zero-order valence-electron chi connectivity index (χ0n) is 21.2. The number of hydrogen-bond donors (Lipinski definition) is 2. The molecule has 0 saturated carbocycles. The minimum atomic E-state index is -0.998. The quantitative estimate of drug-likeness (QED) is 0.351. The Bertz CT molecular complexity index is 1020. The van der Waals surface area contributed by atoms with Crippen molar-refractivity contribution in [1.29, 1.82) is 0 Å². The summed E-state index contributed by atoms with van der Waals surface area (Å²) in [4.78, 5) is 62.1. The fourth-order valence-corrected chi connectivity index (χ4v) is 4.23. The summed E-state index contributed by atoms with van der Waals surface area (Å²) in [6, 6.07) is 3.85. The van der Waals surface area contributed by atoms with Gasteiger partial charge in [-0.2, -0.15) is 0 Å². The smallest absolute Gasteiger partial charge is 0.407 e. The average molecular weight is 502 g/mol. The molecule has 5 amide bonds. The van der Waals surface area contributed by atoms with Crippen LogP contribution in [-0.4, -0.2) is 59.4 Å². The number of nitrogens with zero attached hydrogens (tertiary/aromatic N) is 1. The fourth-order valence-electron chi connectivity index (χ4n) is 4.23. The van der Waals surface area contributed by atoms with E-state index >= 15 is 0 Å². The van der Waals surface area contributed by atoms with Crippen molar-refractivity contribution in [1.82, 2.24) is 15.5 Å². The summed E-state index contributed by atoms with van der Waals surface area (Å²) in [5.74, 6) is -1.83. The van der Waals surface area contributed by atoms with Crippen LogP contribution in [0.5, 0.6) is 5.75 Å². The number of carbonyl (C=O) groups is 5. The lowest BCUT2D eigenvalue weighted by atomic mass is 10.0. The number of piperidine rings is 1. The zero-order valence-corrected chi connectivity index (χ0v) is 21.2. The van der Waals surface area contributed by atoms with E-state index in [1.807, 2.05) is 20.8 Å². The van der Waals surface area contributed by atoms with Gasteiger partial charge in [0.25, 0.3) is 11.8 Å². The maximum atomic E-state index is 13.1. The molecule has 10 nitrogen and oxygen atoms in total. The highest BCUT2D eigenvalue weighted by Gasteiger charge is 2.45. The van der Waals surface area contributed by atoms with Crippen LogP contribution < -0.4 is 15.4 Å². The van der Waals surface area contributed by atoms with Crippen LogP contribution in [0.15, 0.2) is 18.2 Å². The van der Waals surface area contributed by atoms with E-state index in [4.69, 9.17) is 9.47 Å². The van der Waals surface area contributed by atoms with E-state index in [0.717, 1.165) is 43.4 Å². The Hall–Kier alpha value is -3.43. The van der Waals surface area contributed by atoms with Crippen molar-refractivity contribution in [3.63, 3.8) is 0 Å². The molecule has 10 heteroatoms. The summed E-state index contributed by atoms with van der Waals surface area (Å²) in [6.07, 6.45) is 5.46. The van der Waals surface area contributed by atoms with Gasteiger partial charge in [-0.15, -0.1) is 0 Å². The minimum Gasteiger partial charge on any atom is -0.493 e. The number of imide groups is 2. The largest absolute Gasteiger partial charge is 0.493 e. The molecule has 2 heterocycles. The van der Waals surface area contributed by atoms with E-state index < -0.39 is 41.4 Å². The maximum absolute atomic E-state index is 13.1. The van der Waals surface area contributed by atoms with Gasteiger partial charge >= 0.3 is 6.09 Å². The summed E-state index contributed by atoms with van der Waals surface area (Å²) in [7, 11) is 0. The number of alkyl carbamates (subject to hydrolysis) is 1. The molecule has 1 fully saturated rings. The lowest BCUT2D eigenvalue weighted by Gasteiger charge is -2.27. The lowest BCUT2D eigenvalue weighted by Crippen LogP contribution is -2.54. The highest BCUT2D eigenvalue weighted by molar-refractivity contribution is 6.24. The van der Waals surface area contributed by atoms with E-state index in [2.05, 4.69) is 10.6 Å². The van der Waals surface area contributed by atoms with Crippen LogP contribution >= 0.6 is 0 Å². The van der Waals surface area contributed by atoms with Crippen molar-refractivity contribution in [3.8, 4) is 5.75 Å². The first kappa shape index (κ1) is 27.2. The van der Waals surface area contributed by atoms with Crippen molar-refractivity contribution in [2.24, 2.45) is 0 Å². The molecule has 0 spiro atoms. The number of hydrogen-bond acceptors (Lipinski definition) is 7. The van der Waals surface area contributed by atoms with Gasteiger partial charge in [-0.25, -0.2) is 4.79 Å². The SMILES string of the molecule is CC(C)(C)OC(=O)NCCCCCCCCOc1cccc2c1C(=O)N(C1CCC(=O)NC1=O)C2=O. The first-order valence-electron chi connectivity index (χ1n) is 12.5. The van der Waals surface area contributed by atoms with Crippen molar-refractivity contribution in [2.45, 2.75) is 83.8 Å². The van der Waals surface area contributed by atoms with Gasteiger partial charge in [0.15, 0.2) is 0 Å². The van der Waals surface area contributed by atoms with Crippen LogP contribution in [0.4, 0.5) is 4.79 Å². The van der Waals surface area contributed by atoms with Crippen LogP contribution in [0.1, 0.15) is 92.9 Å². The molecule has 1 atom stereocenters. The number of fused-ring (bicyclic) bond motifs is 1. The Kier molecular flexibility index (Phi) is 9.06. The highest BCUT2D eigenvalue weighted by atomic mass is 16.6. The topological polar surface area (TPSA) is 131 Å². The number of nitrogens with one attached hydrogen (secondary N) is 2. The lowest BCUT2D eigenvalue weighted by molar-refractivity contribution is -0.136. The molecule has 2 N–H and O–H groups in total. The van der Waals surface area contributed by atoms with Gasteiger partial charge in [0.1, 0.15) is 17.4 Å². The molecule has 1 aromatic carbocycles. The third-order valence-electron chi connectivity index (χ3n) is 5.93. The molecule has 36 heavy (non-hydrogen) atoms. The molecular formula is C26H35N3O7. The van der Waals surface area contributed by atoms with Crippen molar-refractivity contribution >= 4 is 29.7 Å². The van der Waals surface area contributed by atoms with E-state index in [1.54, 1.807) is 18.2 Å². The summed E-state index contributed by atoms with van der Waals surface area (Å²) in [5.41, 5.74) is -0.117. The summed E-state index contributed by atoms with van der Waals surface area (Å²) in [6.45, 7) is 6.47. The first-order chi connectivity index (χ1) is 17.1. The van der Waals surface area contributed by atoms with Crippen LogP contribution in [-0.2, 0) is 14.3 Å². The van der Waals surface area contributed by atoms with Gasteiger partial charge < -0.3 is 14.8 Å². The summed E-state index contributed by atoms with van der Waals surface area (Å²) < 4.78 is 11.0. The predicted octanol–water partition coefficient (Wildman–Crippen LogP) is 3.33. The van der Waals surface area contributed by atoms with Crippen LogP contribution in [0.25, 0.3) is 0 Å². The number of carbonyl (C=O) groups excluding carboxylic acids is 5. The fraction of sp³-hybridized carbons (Fsp3) is 0.577. The van der Waals surface area contributed by atoms with Gasteiger partial charge in [-0.1, -0.05) is 31.7 Å². The van der Waals surface area contributed by atoms with E-state index in [0.29, 0.717) is 18.9 Å². The summed E-state index contributed by atoms with van der Waals surface area (Å²) in [5, 5.41) is 4.94. The Labute approximate surface area is 211 Å². The monoisotopic (exact) mass is 501 g/mol. The number of ether oxygens (including phenoxy) is 2. The molecule has 0 radical (unpaired) electrons. The Morgan fingerprint density at radius 3 is 2.42 bits per heavy atom. The molecule has 1 unspecified atom stereocenters. The van der Waals surface area contributed by atoms with Crippen LogP contribution in [0.3, 0.4) is 0 Å². The standard InChI is InChI=1S/C26H35N3O7/c1-26(2,3)36-25(34)27-15-8-6-4-5-7-9-16-35-19-12-10-11-17-21(19)24(33)29(23(17)32)18-13-14-20(30)28-22(18)31/h10-12,18H,4-9,13-16H2,1-3H3,(H,27,34)(H,28,30,31). The normalized spacial score (nSPS) is 17.6. The van der Waals surface area contributed by atoms with Gasteiger partial charge in [0, 0.05) is 13.0 Å². The molecule has 1 saturated heterocycles. The Morgan fingerprint density at radius 2 is 1.72 bits per heavy atom. The van der Waals surface area contributed by atoms with Crippen molar-refractivity contribution < 1.29 is 33.4 Å². The maximum Gasteiger partial charge on any atom is 0.407 e. The number of benzene rings is 1. The number of rotatable bonds is 11. The first-order valence-corrected chi connectivity index (χ1v) is 12.5. The molecule has 0 aliphatic carbocycles. The van der Waals surface area contributed by atoms with Crippen molar-refractivity contribution in [3.05, 3.63) is 29.3 Å². The second kappa shape index (κ2) is 12.0. The van der Waals surface area contributed by atoms with Crippen LogP contribution in [0, 0.1) is 0 Å². The second-order valence-electron chi connectivity index (χ2n) is 10.0. The zero-order chi connectivity index (χ0) is 26.3. The van der Waals surface area contributed by atoms with E-state index in [9.17, 15) is 24.0 Å². The predicted molar refractivity (Wildman–Crippen MR) is 131 cm³/mol. The second-order valence-corrected chi connectivity index (χ2v) is 10.0. The summed E-state index contributed by atoms with van der Waals surface area (Å²) >= 11 is 0. The highest BCUT2D eigenvalue weighted by Crippen LogP contribution is 2.33. The van der Waals surface area contributed by atoms with E-state index in [1.165, 1.54) is 0 Å². The molecule has 2 aliphatic heterocycles. The number of unbranched alkanes of at least 4 members (excludes halogenated alkanes) is 5. The Morgan fingerprint density at radius 1 is 1.03 bits per heavy atom. The van der Waals surface area contributed by atoms with Gasteiger partial charge in [-0.3, -0.25) is 29.4 Å². The molecule has 3 rings (SSSR count). The van der Waals surface area contributed by atoms with Gasteiger partial charge in [0.2, 0.25) is 11.8 Å².